The van der Waals surface area contributed by atoms with Gasteiger partial charge in [-0.2, -0.15) is 8.42 Å². The Hall–Kier alpha value is -1.44. The fourth-order valence-electron chi connectivity index (χ4n) is 3.78. The fraction of sp³-hybridized carbons (Fsp3) is 0.611. The molecule has 0 saturated carbocycles. The smallest absolute Gasteiger partial charge is 0.305 e. The summed E-state index contributed by atoms with van der Waals surface area (Å²) in [5.41, 5.74) is 2.32. The molecular formula is C18H27NO5S. The van der Waals surface area contributed by atoms with Crippen LogP contribution in [0.4, 0.5) is 0 Å². The Labute approximate surface area is 150 Å². The lowest BCUT2D eigenvalue weighted by atomic mass is 9.71. The van der Waals surface area contributed by atoms with Crippen LogP contribution in [0.15, 0.2) is 24.3 Å². The first kappa shape index (κ1) is 19.9. The molecule has 2 rings (SSSR count). The number of esters is 1. The summed E-state index contributed by atoms with van der Waals surface area (Å²) >= 11 is 0. The van der Waals surface area contributed by atoms with Gasteiger partial charge in [-0.1, -0.05) is 24.3 Å². The Bertz CT molecular complexity index is 703. The van der Waals surface area contributed by atoms with E-state index in [1.54, 1.807) is 6.92 Å². The van der Waals surface area contributed by atoms with Crippen LogP contribution in [-0.4, -0.2) is 46.9 Å². The predicted molar refractivity (Wildman–Crippen MR) is 95.8 cm³/mol. The van der Waals surface area contributed by atoms with Crippen LogP contribution >= 0.6 is 0 Å². The summed E-state index contributed by atoms with van der Waals surface area (Å²) in [5.74, 6) is -0.384. The van der Waals surface area contributed by atoms with E-state index >= 15 is 0 Å². The number of ether oxygens (including phenoxy) is 1. The van der Waals surface area contributed by atoms with E-state index in [-0.39, 0.29) is 30.1 Å². The molecule has 25 heavy (non-hydrogen) atoms. The predicted octanol–water partition coefficient (Wildman–Crippen LogP) is 1.84. The summed E-state index contributed by atoms with van der Waals surface area (Å²) in [4.78, 5) is 12.0. The number of methoxy groups -OCH3 is 1. The van der Waals surface area contributed by atoms with Crippen LogP contribution in [0.25, 0.3) is 0 Å². The molecule has 0 bridgehead atoms. The largest absolute Gasteiger partial charge is 0.469 e. The van der Waals surface area contributed by atoms with Crippen molar-refractivity contribution in [2.45, 2.75) is 32.3 Å². The summed E-state index contributed by atoms with van der Waals surface area (Å²) in [6, 6.07) is 8.08. The molecule has 0 spiro atoms. The van der Waals surface area contributed by atoms with Crippen LogP contribution in [0.2, 0.25) is 0 Å². The minimum atomic E-state index is -3.56. The Morgan fingerprint density at radius 2 is 2.00 bits per heavy atom. The Morgan fingerprint density at radius 1 is 1.32 bits per heavy atom. The highest BCUT2D eigenvalue weighted by atomic mass is 32.2. The van der Waals surface area contributed by atoms with Crippen LogP contribution in [0, 0.1) is 18.8 Å². The van der Waals surface area contributed by atoms with Gasteiger partial charge in [0.25, 0.3) is 10.1 Å². The normalized spacial score (nSPS) is 25.4. The molecule has 0 aromatic heterocycles. The number of piperidine rings is 1. The van der Waals surface area contributed by atoms with Gasteiger partial charge in [-0.3, -0.25) is 8.98 Å². The van der Waals surface area contributed by atoms with Crippen LogP contribution < -0.4 is 5.32 Å². The van der Waals surface area contributed by atoms with E-state index in [1.165, 1.54) is 12.7 Å². The second-order valence-electron chi connectivity index (χ2n) is 6.73. The first-order valence-electron chi connectivity index (χ1n) is 8.44. The molecule has 7 heteroatoms. The molecule has 1 aromatic rings. The molecule has 0 radical (unpaired) electrons. The maximum Gasteiger partial charge on any atom is 0.305 e. The number of rotatable bonds is 6. The molecule has 1 N–H and O–H groups in total. The molecule has 2 unspecified atom stereocenters. The molecule has 6 nitrogen and oxygen atoms in total. The van der Waals surface area contributed by atoms with E-state index in [0.29, 0.717) is 6.54 Å². The van der Waals surface area contributed by atoms with Gasteiger partial charge in [-0.15, -0.1) is 0 Å². The van der Waals surface area contributed by atoms with Crippen molar-refractivity contribution in [3.63, 3.8) is 0 Å². The first-order valence-corrected chi connectivity index (χ1v) is 10.3. The highest BCUT2D eigenvalue weighted by molar-refractivity contribution is 7.86. The zero-order valence-electron chi connectivity index (χ0n) is 15.2. The van der Waals surface area contributed by atoms with Crippen LogP contribution in [-0.2, 0) is 23.8 Å². The molecular weight excluding hydrogens is 342 g/mol. The van der Waals surface area contributed by atoms with Crippen LogP contribution in [0.3, 0.4) is 0 Å². The molecule has 1 aliphatic heterocycles. The van der Waals surface area contributed by atoms with Gasteiger partial charge in [0, 0.05) is 31.3 Å². The SMILES string of the molecule is COC(=O)C[C@H]1C(C(C)OS(C)(=O)=O)CNC[C@H]1c1ccccc1C. The summed E-state index contributed by atoms with van der Waals surface area (Å²) in [6.07, 6.45) is 0.761. The molecule has 0 amide bonds. The van der Waals surface area contributed by atoms with Gasteiger partial charge in [0.15, 0.2) is 0 Å². The number of hydrogen-bond acceptors (Lipinski definition) is 6. The summed E-state index contributed by atoms with van der Waals surface area (Å²) < 4.78 is 33.2. The molecule has 4 atom stereocenters. The van der Waals surface area contributed by atoms with Crippen molar-refractivity contribution >= 4 is 16.1 Å². The lowest BCUT2D eigenvalue weighted by Crippen LogP contribution is -2.48. The lowest BCUT2D eigenvalue weighted by molar-refractivity contribution is -0.143. The molecule has 1 saturated heterocycles. The highest BCUT2D eigenvalue weighted by Gasteiger charge is 2.40. The Balaban J connectivity index is 2.34. The van der Waals surface area contributed by atoms with Crippen molar-refractivity contribution in [2.24, 2.45) is 11.8 Å². The van der Waals surface area contributed by atoms with E-state index in [0.717, 1.165) is 18.4 Å². The van der Waals surface area contributed by atoms with Gasteiger partial charge in [0.2, 0.25) is 0 Å². The minimum absolute atomic E-state index is 0.0634. The monoisotopic (exact) mass is 369 g/mol. The first-order chi connectivity index (χ1) is 11.7. The van der Waals surface area contributed by atoms with Crippen LogP contribution in [0.5, 0.6) is 0 Å². The number of nitrogens with one attached hydrogen (secondary N) is 1. The standard InChI is InChI=1S/C18H27NO5S/c1-12-7-5-6-8-14(12)17-11-19-10-16(13(2)24-25(4,21)22)15(17)9-18(20)23-3/h5-8,13,15-17,19H,9-11H2,1-4H3/t13?,15-,16?,17-/m0/s1. The maximum absolute atomic E-state index is 12.0. The lowest BCUT2D eigenvalue weighted by Gasteiger charge is -2.41. The van der Waals surface area contributed by atoms with Gasteiger partial charge >= 0.3 is 5.97 Å². The minimum Gasteiger partial charge on any atom is -0.469 e. The zero-order chi connectivity index (χ0) is 18.6. The van der Waals surface area contributed by atoms with Crippen molar-refractivity contribution in [3.8, 4) is 0 Å². The highest BCUT2D eigenvalue weighted by Crippen LogP contribution is 2.39. The molecule has 0 aliphatic carbocycles. The van der Waals surface area contributed by atoms with Gasteiger partial charge in [-0.05, 0) is 30.9 Å². The third-order valence-corrected chi connectivity index (χ3v) is 5.61. The molecule has 1 aromatic carbocycles. The van der Waals surface area contributed by atoms with E-state index in [9.17, 15) is 13.2 Å². The molecule has 140 valence electrons. The third kappa shape index (κ3) is 5.26. The number of carbonyl (C=O) groups excluding carboxylic acids is 1. The van der Waals surface area contributed by atoms with Gasteiger partial charge in [-0.25, -0.2) is 0 Å². The van der Waals surface area contributed by atoms with Crippen molar-refractivity contribution in [1.29, 1.82) is 0 Å². The van der Waals surface area contributed by atoms with Crippen molar-refractivity contribution in [3.05, 3.63) is 35.4 Å². The zero-order valence-corrected chi connectivity index (χ0v) is 16.0. The summed E-state index contributed by atoms with van der Waals surface area (Å²) in [6.45, 7) is 5.12. The average molecular weight is 369 g/mol. The topological polar surface area (TPSA) is 81.7 Å². The third-order valence-electron chi connectivity index (χ3n) is 4.96. The number of aryl methyl sites for hydroxylation is 1. The van der Waals surface area contributed by atoms with E-state index in [4.69, 9.17) is 8.92 Å². The molecule has 1 heterocycles. The number of hydrogen-bond donors (Lipinski definition) is 1. The van der Waals surface area contributed by atoms with Crippen molar-refractivity contribution < 1.29 is 22.1 Å². The van der Waals surface area contributed by atoms with E-state index in [2.05, 4.69) is 11.4 Å². The van der Waals surface area contributed by atoms with Crippen molar-refractivity contribution in [2.75, 3.05) is 26.5 Å². The van der Waals surface area contributed by atoms with Crippen molar-refractivity contribution in [1.82, 2.24) is 5.32 Å². The quantitative estimate of drug-likeness (QED) is 0.609. The van der Waals surface area contributed by atoms with E-state index < -0.39 is 16.2 Å². The maximum atomic E-state index is 12.0. The van der Waals surface area contributed by atoms with Crippen LogP contribution in [0.1, 0.15) is 30.4 Å². The van der Waals surface area contributed by atoms with Gasteiger partial charge in [0.05, 0.1) is 19.5 Å². The fourth-order valence-corrected chi connectivity index (χ4v) is 4.47. The molecule has 1 aliphatic rings. The number of carbonyl (C=O) groups is 1. The Kier molecular flexibility index (Phi) is 6.59. The summed E-state index contributed by atoms with van der Waals surface area (Å²) in [5, 5.41) is 3.37. The Morgan fingerprint density at radius 3 is 2.60 bits per heavy atom. The summed E-state index contributed by atoms with van der Waals surface area (Å²) in [7, 11) is -2.19. The molecule has 1 fully saturated rings. The second kappa shape index (κ2) is 8.29. The van der Waals surface area contributed by atoms with Gasteiger partial charge in [0.1, 0.15) is 0 Å². The number of benzene rings is 1. The second-order valence-corrected chi connectivity index (χ2v) is 8.34. The van der Waals surface area contributed by atoms with Gasteiger partial charge < -0.3 is 10.1 Å². The van der Waals surface area contributed by atoms with E-state index in [1.807, 2.05) is 25.1 Å². The average Bonchev–Trinajstić information content (AvgIpc) is 2.54.